The molecular formula is C25H38N6O3S2. The van der Waals surface area contributed by atoms with Crippen LogP contribution in [0.4, 0.5) is 5.69 Å². The van der Waals surface area contributed by atoms with Gasteiger partial charge in [0.25, 0.3) is 0 Å². The Balaban J connectivity index is 1.41. The van der Waals surface area contributed by atoms with E-state index in [2.05, 4.69) is 34.1 Å². The minimum atomic E-state index is -3.66. The Hall–Kier alpha value is -1.37. The van der Waals surface area contributed by atoms with Crippen molar-refractivity contribution >= 4 is 38.4 Å². The van der Waals surface area contributed by atoms with Crippen molar-refractivity contribution in [3.05, 3.63) is 18.3 Å². The van der Waals surface area contributed by atoms with Crippen LogP contribution in [-0.2, 0) is 14.8 Å². The second-order valence-electron chi connectivity index (χ2n) is 11.7. The van der Waals surface area contributed by atoms with Gasteiger partial charge in [0.15, 0.2) is 0 Å². The van der Waals surface area contributed by atoms with Crippen LogP contribution in [-0.4, -0.2) is 85.7 Å². The minimum absolute atomic E-state index is 0.186. The fourth-order valence-corrected chi connectivity index (χ4v) is 7.40. The molecule has 3 saturated heterocycles. The van der Waals surface area contributed by atoms with E-state index in [9.17, 15) is 8.42 Å². The molecular weight excluding hydrogens is 496 g/mol. The van der Waals surface area contributed by atoms with Crippen LogP contribution >= 0.6 is 11.8 Å². The number of hydrogen-bond donors (Lipinski definition) is 3. The van der Waals surface area contributed by atoms with Crippen LogP contribution in [0.25, 0.3) is 10.9 Å². The topological polar surface area (TPSA) is 101 Å². The Kier molecular flexibility index (Phi) is 6.32. The number of aromatic nitrogens is 2. The zero-order valence-electron chi connectivity index (χ0n) is 21.4. The van der Waals surface area contributed by atoms with Crippen molar-refractivity contribution in [2.24, 2.45) is 0 Å². The Labute approximate surface area is 218 Å². The molecule has 1 aromatic heterocycles. The minimum Gasteiger partial charge on any atom is -0.378 e. The van der Waals surface area contributed by atoms with E-state index >= 15 is 0 Å². The van der Waals surface area contributed by atoms with Crippen molar-refractivity contribution in [2.75, 3.05) is 50.0 Å². The highest BCUT2D eigenvalue weighted by Gasteiger charge is 2.43. The van der Waals surface area contributed by atoms with Crippen molar-refractivity contribution < 1.29 is 13.2 Å². The molecule has 198 valence electrons. The van der Waals surface area contributed by atoms with Gasteiger partial charge in [-0.3, -0.25) is 4.68 Å². The van der Waals surface area contributed by atoms with E-state index < -0.39 is 10.0 Å². The molecule has 1 unspecified atom stereocenters. The van der Waals surface area contributed by atoms with Crippen LogP contribution in [0.3, 0.4) is 0 Å². The maximum absolute atomic E-state index is 13.6. The highest BCUT2D eigenvalue weighted by molar-refractivity contribution is 8.07. The van der Waals surface area contributed by atoms with Gasteiger partial charge in [0, 0.05) is 52.8 Å². The van der Waals surface area contributed by atoms with E-state index in [-0.39, 0.29) is 22.4 Å². The number of anilines is 1. The van der Waals surface area contributed by atoms with E-state index in [1.54, 1.807) is 0 Å². The standard InChI is InChI=1S/C25H38N6O3S2/c1-17(28-18-13-34-14-18)12-30(15-25(3)16-35-25)22-8-20(36(32,33)29-24(2)5-6-24)9-23-21(22)11-27-31(23)19-4-7-26-10-19/h8-9,11,17-19,26,28-29H,4-7,10,12-16H2,1-3H3/t17-,19?,25+/m1/s1. The van der Waals surface area contributed by atoms with Crippen molar-refractivity contribution in [2.45, 2.75) is 73.3 Å². The third kappa shape index (κ3) is 5.15. The highest BCUT2D eigenvalue weighted by atomic mass is 32.2. The number of hydrogen-bond acceptors (Lipinski definition) is 8. The van der Waals surface area contributed by atoms with E-state index in [0.29, 0.717) is 10.9 Å². The quantitative estimate of drug-likeness (QED) is 0.377. The molecule has 0 radical (unpaired) electrons. The van der Waals surface area contributed by atoms with Crippen molar-refractivity contribution in [1.82, 2.24) is 25.1 Å². The summed E-state index contributed by atoms with van der Waals surface area (Å²) in [5, 5.41) is 12.9. The maximum Gasteiger partial charge on any atom is 0.241 e. The Morgan fingerprint density at radius 2 is 2.11 bits per heavy atom. The second-order valence-corrected chi connectivity index (χ2v) is 14.9. The predicted molar refractivity (Wildman–Crippen MR) is 144 cm³/mol. The van der Waals surface area contributed by atoms with Crippen molar-refractivity contribution in [1.29, 1.82) is 0 Å². The first-order valence-electron chi connectivity index (χ1n) is 13.1. The number of nitrogens with zero attached hydrogens (tertiary/aromatic N) is 3. The molecule has 4 aliphatic rings. The molecule has 4 heterocycles. The largest absolute Gasteiger partial charge is 0.378 e. The normalized spacial score (nSPS) is 28.2. The summed E-state index contributed by atoms with van der Waals surface area (Å²) >= 11 is 1.97. The fourth-order valence-electron chi connectivity index (χ4n) is 5.31. The molecule has 9 nitrogen and oxygen atoms in total. The molecule has 11 heteroatoms. The molecule has 0 spiro atoms. The first kappa shape index (κ1) is 24.9. The summed E-state index contributed by atoms with van der Waals surface area (Å²) in [6.45, 7) is 11.4. The van der Waals surface area contributed by atoms with E-state index in [1.165, 1.54) is 0 Å². The smallest absolute Gasteiger partial charge is 0.241 e. The zero-order chi connectivity index (χ0) is 25.1. The van der Waals surface area contributed by atoms with E-state index in [4.69, 9.17) is 9.84 Å². The van der Waals surface area contributed by atoms with Gasteiger partial charge in [-0.05, 0) is 58.7 Å². The number of nitrogens with one attached hydrogen (secondary N) is 3. The van der Waals surface area contributed by atoms with E-state index in [1.807, 2.05) is 41.7 Å². The summed E-state index contributed by atoms with van der Waals surface area (Å²) < 4.78 is 37.7. The van der Waals surface area contributed by atoms with Crippen LogP contribution in [0.15, 0.2) is 23.2 Å². The molecule has 36 heavy (non-hydrogen) atoms. The summed E-state index contributed by atoms with van der Waals surface area (Å²) in [4.78, 5) is 2.72. The predicted octanol–water partition coefficient (Wildman–Crippen LogP) is 2.09. The number of thioether (sulfide) groups is 1. The molecule has 3 N–H and O–H groups in total. The first-order valence-corrected chi connectivity index (χ1v) is 15.6. The molecule has 1 aliphatic carbocycles. The third-order valence-corrected chi connectivity index (χ3v) is 10.9. The van der Waals surface area contributed by atoms with Crippen molar-refractivity contribution in [3.63, 3.8) is 0 Å². The molecule has 0 amide bonds. The average Bonchev–Trinajstić information content (AvgIpc) is 3.53. The molecule has 3 aliphatic heterocycles. The SMILES string of the molecule is C[C@H](CN(C[C@@]1(C)CS1)c1cc(S(=O)(=O)NC2(C)CC2)cc2c1cnn2C1CCNC1)NC1COC1. The average molecular weight is 535 g/mol. The maximum atomic E-state index is 13.6. The first-order chi connectivity index (χ1) is 17.1. The molecule has 3 atom stereocenters. The number of ether oxygens (including phenoxy) is 1. The van der Waals surface area contributed by atoms with Gasteiger partial charge in [-0.25, -0.2) is 13.1 Å². The number of sulfonamides is 1. The lowest BCUT2D eigenvalue weighted by atomic mass is 10.1. The summed E-state index contributed by atoms with van der Waals surface area (Å²) in [6.07, 6.45) is 4.68. The Morgan fingerprint density at radius 3 is 2.72 bits per heavy atom. The van der Waals surface area contributed by atoms with E-state index in [0.717, 1.165) is 81.0 Å². The number of fused-ring (bicyclic) bond motifs is 1. The summed E-state index contributed by atoms with van der Waals surface area (Å²) in [7, 11) is -3.66. The molecule has 0 bridgehead atoms. The van der Waals surface area contributed by atoms with Gasteiger partial charge >= 0.3 is 0 Å². The Morgan fingerprint density at radius 1 is 1.33 bits per heavy atom. The van der Waals surface area contributed by atoms with Gasteiger partial charge in [0.05, 0.1) is 41.9 Å². The fraction of sp³-hybridized carbons (Fsp3) is 0.720. The lowest BCUT2D eigenvalue weighted by Crippen LogP contribution is -2.53. The second kappa shape index (κ2) is 9.13. The number of benzene rings is 1. The van der Waals surface area contributed by atoms with Gasteiger partial charge in [0.1, 0.15) is 0 Å². The monoisotopic (exact) mass is 534 g/mol. The molecule has 1 saturated carbocycles. The van der Waals surface area contributed by atoms with Crippen molar-refractivity contribution in [3.8, 4) is 0 Å². The van der Waals surface area contributed by atoms with Crippen LogP contribution in [0.5, 0.6) is 0 Å². The highest BCUT2D eigenvalue weighted by Crippen LogP contribution is 2.46. The van der Waals surface area contributed by atoms with Gasteiger partial charge in [-0.2, -0.15) is 16.9 Å². The van der Waals surface area contributed by atoms with Gasteiger partial charge in [-0.15, -0.1) is 0 Å². The summed E-state index contributed by atoms with van der Waals surface area (Å²) in [6, 6.07) is 4.56. The molecule has 4 fully saturated rings. The molecule has 2 aromatic rings. The molecule has 1 aromatic carbocycles. The zero-order valence-corrected chi connectivity index (χ0v) is 23.1. The van der Waals surface area contributed by atoms with Crippen LogP contribution in [0.2, 0.25) is 0 Å². The van der Waals surface area contributed by atoms with Crippen LogP contribution in [0.1, 0.15) is 46.1 Å². The molecule has 6 rings (SSSR count). The lowest BCUT2D eigenvalue weighted by Gasteiger charge is -2.35. The summed E-state index contributed by atoms with van der Waals surface area (Å²) in [5.41, 5.74) is 1.53. The van der Waals surface area contributed by atoms with Crippen LogP contribution < -0.4 is 20.3 Å². The number of rotatable bonds is 11. The lowest BCUT2D eigenvalue weighted by molar-refractivity contribution is -0.00877. The summed E-state index contributed by atoms with van der Waals surface area (Å²) in [5.74, 6) is 1.12. The third-order valence-electron chi connectivity index (χ3n) is 7.89. The van der Waals surface area contributed by atoms with Gasteiger partial charge in [-0.1, -0.05) is 0 Å². The van der Waals surface area contributed by atoms with Gasteiger partial charge < -0.3 is 20.3 Å². The Bertz CT molecular complexity index is 1230. The van der Waals surface area contributed by atoms with Gasteiger partial charge in [0.2, 0.25) is 10.0 Å². The van der Waals surface area contributed by atoms with Crippen LogP contribution in [0, 0.1) is 0 Å².